The molecule has 0 fully saturated rings. The first kappa shape index (κ1) is 20.8. The molecule has 0 unspecified atom stereocenters. The van der Waals surface area contributed by atoms with Crippen LogP contribution in [-0.2, 0) is 9.47 Å². The third-order valence-electron chi connectivity index (χ3n) is 1.14. The Morgan fingerprint density at radius 2 is 1.07 bits per heavy atom. The molecule has 0 aromatic carbocycles. The monoisotopic (exact) mass is 262 g/mol. The molecular weight excluding hydrogens is 239 g/mol. The molecule has 15 heavy (non-hydrogen) atoms. The minimum atomic E-state index is 0. The summed E-state index contributed by atoms with van der Waals surface area (Å²) in [6.45, 7) is 7.21. The van der Waals surface area contributed by atoms with E-state index >= 15 is 0 Å². The fourth-order valence-electron chi connectivity index (χ4n) is 0.602. The number of rotatable bonds is 8. The summed E-state index contributed by atoms with van der Waals surface area (Å²) in [5.74, 6) is 1.22. The Morgan fingerprint density at radius 1 is 0.733 bits per heavy atom. The highest BCUT2D eigenvalue weighted by Gasteiger charge is 1.79. The number of hydrogen-bond acceptors (Lipinski definition) is 2. The third kappa shape index (κ3) is 31.4. The number of alkyl halides is 2. The van der Waals surface area contributed by atoms with E-state index in [0.29, 0.717) is 25.0 Å². The number of halogens is 2. The second kappa shape index (κ2) is 23.9. The standard InChI is InChI=1S/2C5H11ClO.H2O/c2*1-2-4-7-5-3-6;/h2*2-5H2,1H3;1H2. The lowest BCUT2D eigenvalue weighted by atomic mass is 10.5. The quantitative estimate of drug-likeness (QED) is 0.499. The lowest BCUT2D eigenvalue weighted by Crippen LogP contribution is -1.95. The zero-order chi connectivity index (χ0) is 11.1. The first-order valence-corrected chi connectivity index (χ1v) is 6.17. The molecule has 0 aromatic heterocycles. The van der Waals surface area contributed by atoms with Crippen molar-refractivity contribution in [1.82, 2.24) is 0 Å². The Balaban J connectivity index is -0.000000180. The maximum Gasteiger partial charge on any atom is 0.0601 e. The molecule has 0 atom stereocenters. The first-order valence-electron chi connectivity index (χ1n) is 5.10. The Labute approximate surface area is 103 Å². The van der Waals surface area contributed by atoms with E-state index in [1.54, 1.807) is 0 Å². The normalized spacial score (nSPS) is 8.80. The maximum absolute atomic E-state index is 5.31. The van der Waals surface area contributed by atoms with Gasteiger partial charge in [0.2, 0.25) is 0 Å². The molecule has 0 amide bonds. The van der Waals surface area contributed by atoms with E-state index in [9.17, 15) is 0 Å². The van der Waals surface area contributed by atoms with Gasteiger partial charge in [0.15, 0.2) is 0 Å². The van der Waals surface area contributed by atoms with E-state index in [1.165, 1.54) is 0 Å². The van der Waals surface area contributed by atoms with Gasteiger partial charge in [-0.25, -0.2) is 0 Å². The van der Waals surface area contributed by atoms with E-state index in [1.807, 2.05) is 0 Å². The molecule has 0 heterocycles. The van der Waals surface area contributed by atoms with Crippen molar-refractivity contribution in [1.29, 1.82) is 0 Å². The lowest BCUT2D eigenvalue weighted by molar-refractivity contribution is 0.150. The highest BCUT2D eigenvalue weighted by atomic mass is 35.5. The minimum Gasteiger partial charge on any atom is -0.412 e. The van der Waals surface area contributed by atoms with E-state index in [4.69, 9.17) is 32.7 Å². The highest BCUT2D eigenvalue weighted by Crippen LogP contribution is 1.81. The largest absolute Gasteiger partial charge is 0.412 e. The van der Waals surface area contributed by atoms with Crippen molar-refractivity contribution in [2.45, 2.75) is 26.7 Å². The summed E-state index contributed by atoms with van der Waals surface area (Å²) < 4.78 is 10.0. The smallest absolute Gasteiger partial charge is 0.0601 e. The van der Waals surface area contributed by atoms with E-state index < -0.39 is 0 Å². The summed E-state index contributed by atoms with van der Waals surface area (Å²) in [6.07, 6.45) is 2.16. The van der Waals surface area contributed by atoms with Gasteiger partial charge in [-0.15, -0.1) is 23.2 Å². The van der Waals surface area contributed by atoms with Gasteiger partial charge in [0.1, 0.15) is 0 Å². The Hall–Kier alpha value is 0.460. The molecule has 2 N–H and O–H groups in total. The molecule has 0 radical (unpaired) electrons. The fraction of sp³-hybridized carbons (Fsp3) is 1.00. The molecule has 96 valence electrons. The molecule has 0 aliphatic rings. The Morgan fingerprint density at radius 3 is 1.27 bits per heavy atom. The van der Waals surface area contributed by atoms with Crippen LogP contribution in [0.4, 0.5) is 0 Å². The van der Waals surface area contributed by atoms with Crippen LogP contribution < -0.4 is 0 Å². The number of ether oxygens (including phenoxy) is 2. The summed E-state index contributed by atoms with van der Waals surface area (Å²) in [5, 5.41) is 0. The molecule has 3 nitrogen and oxygen atoms in total. The van der Waals surface area contributed by atoms with E-state index in [0.717, 1.165) is 26.1 Å². The summed E-state index contributed by atoms with van der Waals surface area (Å²) in [7, 11) is 0. The van der Waals surface area contributed by atoms with Crippen LogP contribution in [0.2, 0.25) is 0 Å². The summed E-state index contributed by atoms with van der Waals surface area (Å²) in [6, 6.07) is 0. The van der Waals surface area contributed by atoms with Gasteiger partial charge in [-0.2, -0.15) is 0 Å². The second-order valence-electron chi connectivity index (χ2n) is 2.60. The van der Waals surface area contributed by atoms with Gasteiger partial charge in [0, 0.05) is 25.0 Å². The lowest BCUT2D eigenvalue weighted by Gasteiger charge is -1.94. The molecule has 0 aliphatic heterocycles. The van der Waals surface area contributed by atoms with Gasteiger partial charge in [-0.1, -0.05) is 13.8 Å². The van der Waals surface area contributed by atoms with Crippen molar-refractivity contribution in [3.05, 3.63) is 0 Å². The van der Waals surface area contributed by atoms with Crippen molar-refractivity contribution in [2.24, 2.45) is 0 Å². The van der Waals surface area contributed by atoms with Crippen LogP contribution in [0, 0.1) is 0 Å². The van der Waals surface area contributed by atoms with Crippen molar-refractivity contribution in [2.75, 3.05) is 38.2 Å². The van der Waals surface area contributed by atoms with Crippen molar-refractivity contribution in [3.63, 3.8) is 0 Å². The summed E-state index contributed by atoms with van der Waals surface area (Å²) in [5.41, 5.74) is 0. The van der Waals surface area contributed by atoms with Crippen LogP contribution in [0.15, 0.2) is 0 Å². The zero-order valence-corrected chi connectivity index (χ0v) is 11.2. The summed E-state index contributed by atoms with van der Waals surface area (Å²) in [4.78, 5) is 0. The van der Waals surface area contributed by atoms with E-state index in [2.05, 4.69) is 13.8 Å². The molecule has 0 spiro atoms. The molecule has 5 heteroatoms. The molecule has 0 aliphatic carbocycles. The van der Waals surface area contributed by atoms with Gasteiger partial charge >= 0.3 is 0 Å². The average molecular weight is 263 g/mol. The third-order valence-corrected chi connectivity index (χ3v) is 1.45. The average Bonchev–Trinajstić information content (AvgIpc) is 2.21. The SMILES string of the molecule is CCCOCCCl.CCCOCCCl.O. The highest BCUT2D eigenvalue weighted by molar-refractivity contribution is 6.18. The predicted octanol–water partition coefficient (Wildman–Crippen LogP) is 2.48. The fourth-order valence-corrected chi connectivity index (χ4v) is 0.820. The molecule has 0 aromatic rings. The van der Waals surface area contributed by atoms with Gasteiger partial charge in [0.25, 0.3) is 0 Å². The molecular formula is C10H24Cl2O3. The van der Waals surface area contributed by atoms with Crippen LogP contribution >= 0.6 is 23.2 Å². The van der Waals surface area contributed by atoms with Crippen molar-refractivity contribution in [3.8, 4) is 0 Å². The van der Waals surface area contributed by atoms with E-state index in [-0.39, 0.29) is 5.48 Å². The van der Waals surface area contributed by atoms with Crippen LogP contribution in [0.3, 0.4) is 0 Å². The van der Waals surface area contributed by atoms with Gasteiger partial charge in [-0.3, -0.25) is 0 Å². The van der Waals surface area contributed by atoms with Crippen LogP contribution in [-0.4, -0.2) is 43.7 Å². The molecule has 0 saturated carbocycles. The maximum atomic E-state index is 5.31. The molecule has 0 bridgehead atoms. The van der Waals surface area contributed by atoms with Crippen LogP contribution in [0.5, 0.6) is 0 Å². The topological polar surface area (TPSA) is 50.0 Å². The van der Waals surface area contributed by atoms with Crippen molar-refractivity contribution >= 4 is 23.2 Å². The van der Waals surface area contributed by atoms with Crippen molar-refractivity contribution < 1.29 is 14.9 Å². The minimum absolute atomic E-state index is 0. The number of hydrogen-bond donors (Lipinski definition) is 0. The molecule has 0 rings (SSSR count). The van der Waals surface area contributed by atoms with Gasteiger partial charge in [0.05, 0.1) is 13.2 Å². The first-order chi connectivity index (χ1) is 6.83. The zero-order valence-electron chi connectivity index (χ0n) is 9.73. The second-order valence-corrected chi connectivity index (χ2v) is 3.36. The van der Waals surface area contributed by atoms with Gasteiger partial charge in [-0.05, 0) is 12.8 Å². The van der Waals surface area contributed by atoms with Gasteiger partial charge < -0.3 is 14.9 Å². The summed E-state index contributed by atoms with van der Waals surface area (Å²) >= 11 is 10.6. The van der Waals surface area contributed by atoms with Crippen LogP contribution in [0.1, 0.15) is 26.7 Å². The van der Waals surface area contributed by atoms with Crippen LogP contribution in [0.25, 0.3) is 0 Å². The Bertz CT molecular complexity index is 67.1. The Kier molecular flexibility index (Phi) is 33.2. The molecule has 0 saturated heterocycles. The predicted molar refractivity (Wildman–Crippen MR) is 67.3 cm³/mol.